The molecule has 0 bridgehead atoms. The van der Waals surface area contributed by atoms with Gasteiger partial charge in [-0.2, -0.15) is 0 Å². The van der Waals surface area contributed by atoms with E-state index in [1.165, 1.54) is 0 Å². The predicted octanol–water partition coefficient (Wildman–Crippen LogP) is -0.774. The molecular weight excluding hydrogens is 264 g/mol. The normalized spacial score (nSPS) is 11.7. The molecule has 0 spiro atoms. The van der Waals surface area contributed by atoms with E-state index in [1.54, 1.807) is 0 Å². The summed E-state index contributed by atoms with van der Waals surface area (Å²) in [5.41, 5.74) is -0.227. The first kappa shape index (κ1) is 14.5. The van der Waals surface area contributed by atoms with E-state index < -0.39 is 34.2 Å². The molecular formula is C9H12N2O6S. The monoisotopic (exact) mass is 276 g/mol. The van der Waals surface area contributed by atoms with Crippen LogP contribution in [0.3, 0.4) is 0 Å². The van der Waals surface area contributed by atoms with Crippen molar-refractivity contribution in [2.24, 2.45) is 0 Å². The number of aliphatic hydroxyl groups is 2. The van der Waals surface area contributed by atoms with Crippen molar-refractivity contribution in [1.29, 1.82) is 0 Å². The van der Waals surface area contributed by atoms with Crippen LogP contribution in [-0.2, 0) is 10.0 Å². The zero-order valence-electron chi connectivity index (χ0n) is 9.18. The van der Waals surface area contributed by atoms with Gasteiger partial charge in [0.2, 0.25) is 10.0 Å². The smallest absolute Gasteiger partial charge is 0.269 e. The maximum absolute atomic E-state index is 11.7. The SMILES string of the molecule is O=[N+]([O-])c1ccc(S(=O)(=O)NC(CO)CO)cc1. The second-order valence-corrected chi connectivity index (χ2v) is 5.15. The van der Waals surface area contributed by atoms with E-state index in [2.05, 4.69) is 4.72 Å². The van der Waals surface area contributed by atoms with Crippen LogP contribution in [0.5, 0.6) is 0 Å². The van der Waals surface area contributed by atoms with Crippen molar-refractivity contribution in [1.82, 2.24) is 4.72 Å². The van der Waals surface area contributed by atoms with Gasteiger partial charge in [-0.3, -0.25) is 10.1 Å². The van der Waals surface area contributed by atoms with Gasteiger partial charge in [-0.1, -0.05) is 0 Å². The number of rotatable bonds is 6. The van der Waals surface area contributed by atoms with E-state index in [-0.39, 0.29) is 10.6 Å². The van der Waals surface area contributed by atoms with Crippen LogP contribution in [0.4, 0.5) is 5.69 Å². The molecule has 1 aromatic carbocycles. The summed E-state index contributed by atoms with van der Waals surface area (Å²) in [6.45, 7) is -1.11. The number of sulfonamides is 1. The minimum Gasteiger partial charge on any atom is -0.395 e. The topological polar surface area (TPSA) is 130 Å². The van der Waals surface area contributed by atoms with Crippen LogP contribution < -0.4 is 4.72 Å². The molecule has 1 rings (SSSR count). The standard InChI is InChI=1S/C9H12N2O6S/c12-5-7(6-13)10-18(16,17)9-3-1-8(2-4-9)11(14)15/h1-4,7,10,12-13H,5-6H2. The van der Waals surface area contributed by atoms with Crippen LogP contribution in [0.2, 0.25) is 0 Å². The van der Waals surface area contributed by atoms with Gasteiger partial charge in [-0.05, 0) is 12.1 Å². The Bertz CT molecular complexity index is 508. The lowest BCUT2D eigenvalue weighted by Gasteiger charge is -2.13. The number of hydrogen-bond donors (Lipinski definition) is 3. The highest BCUT2D eigenvalue weighted by molar-refractivity contribution is 7.89. The Morgan fingerprint density at radius 2 is 1.72 bits per heavy atom. The van der Waals surface area contributed by atoms with E-state index in [0.717, 1.165) is 24.3 Å². The molecule has 0 atom stereocenters. The Morgan fingerprint density at radius 3 is 2.11 bits per heavy atom. The summed E-state index contributed by atoms with van der Waals surface area (Å²) < 4.78 is 25.5. The van der Waals surface area contributed by atoms with Crippen molar-refractivity contribution in [3.63, 3.8) is 0 Å². The van der Waals surface area contributed by atoms with E-state index in [4.69, 9.17) is 10.2 Å². The van der Waals surface area contributed by atoms with Gasteiger partial charge in [-0.25, -0.2) is 13.1 Å². The third-order valence-corrected chi connectivity index (χ3v) is 3.66. The van der Waals surface area contributed by atoms with Gasteiger partial charge in [0.1, 0.15) is 0 Å². The number of hydrogen-bond acceptors (Lipinski definition) is 6. The van der Waals surface area contributed by atoms with Crippen molar-refractivity contribution in [2.75, 3.05) is 13.2 Å². The highest BCUT2D eigenvalue weighted by atomic mass is 32.2. The first-order valence-electron chi connectivity index (χ1n) is 4.89. The van der Waals surface area contributed by atoms with Gasteiger partial charge in [0.05, 0.1) is 29.1 Å². The number of non-ortho nitro benzene ring substituents is 1. The first-order valence-corrected chi connectivity index (χ1v) is 6.37. The molecule has 0 aliphatic heterocycles. The second kappa shape index (κ2) is 5.87. The molecule has 0 radical (unpaired) electrons. The van der Waals surface area contributed by atoms with Gasteiger partial charge in [0.25, 0.3) is 5.69 Å². The van der Waals surface area contributed by atoms with Crippen LogP contribution in [0.15, 0.2) is 29.2 Å². The molecule has 9 heteroatoms. The highest BCUT2D eigenvalue weighted by Crippen LogP contribution is 2.15. The third kappa shape index (κ3) is 3.47. The lowest BCUT2D eigenvalue weighted by atomic mass is 10.3. The van der Waals surface area contributed by atoms with Crippen molar-refractivity contribution in [2.45, 2.75) is 10.9 Å². The number of aliphatic hydroxyl groups excluding tert-OH is 2. The molecule has 0 aliphatic carbocycles. The average Bonchev–Trinajstić information content (AvgIpc) is 2.36. The summed E-state index contributed by atoms with van der Waals surface area (Å²) in [5, 5.41) is 28.0. The number of nitrogens with zero attached hydrogens (tertiary/aromatic N) is 1. The number of nitro benzene ring substituents is 1. The van der Waals surface area contributed by atoms with Crippen molar-refractivity contribution in [3.8, 4) is 0 Å². The van der Waals surface area contributed by atoms with Crippen LogP contribution in [0.1, 0.15) is 0 Å². The Kier molecular flexibility index (Phi) is 4.73. The third-order valence-electron chi connectivity index (χ3n) is 2.12. The molecule has 0 unspecified atom stereocenters. The largest absolute Gasteiger partial charge is 0.395 e. The fourth-order valence-corrected chi connectivity index (χ4v) is 2.39. The molecule has 0 saturated carbocycles. The Balaban J connectivity index is 2.95. The summed E-state index contributed by atoms with van der Waals surface area (Å²) in [4.78, 5) is 9.58. The van der Waals surface area contributed by atoms with Crippen LogP contribution in [0, 0.1) is 10.1 Å². The fraction of sp³-hybridized carbons (Fsp3) is 0.333. The fourth-order valence-electron chi connectivity index (χ4n) is 1.17. The molecule has 0 heterocycles. The zero-order valence-corrected chi connectivity index (χ0v) is 10.0. The van der Waals surface area contributed by atoms with E-state index in [9.17, 15) is 18.5 Å². The number of nitrogens with one attached hydrogen (secondary N) is 1. The number of nitro groups is 1. The number of benzene rings is 1. The van der Waals surface area contributed by atoms with Crippen LogP contribution in [-0.4, -0.2) is 42.8 Å². The van der Waals surface area contributed by atoms with Gasteiger partial charge in [0.15, 0.2) is 0 Å². The second-order valence-electron chi connectivity index (χ2n) is 3.43. The quantitative estimate of drug-likeness (QED) is 0.462. The van der Waals surface area contributed by atoms with E-state index >= 15 is 0 Å². The average molecular weight is 276 g/mol. The highest BCUT2D eigenvalue weighted by Gasteiger charge is 2.19. The van der Waals surface area contributed by atoms with E-state index in [1.807, 2.05) is 0 Å². The van der Waals surface area contributed by atoms with Gasteiger partial charge < -0.3 is 10.2 Å². The van der Waals surface area contributed by atoms with Gasteiger partial charge in [0, 0.05) is 12.1 Å². The lowest BCUT2D eigenvalue weighted by molar-refractivity contribution is -0.384. The Labute approximate surface area is 103 Å². The molecule has 0 fully saturated rings. The Morgan fingerprint density at radius 1 is 1.22 bits per heavy atom. The zero-order chi connectivity index (χ0) is 13.8. The molecule has 3 N–H and O–H groups in total. The van der Waals surface area contributed by atoms with Gasteiger partial charge in [-0.15, -0.1) is 0 Å². The summed E-state index contributed by atoms with van der Waals surface area (Å²) in [7, 11) is -3.92. The molecule has 18 heavy (non-hydrogen) atoms. The van der Waals surface area contributed by atoms with Crippen LogP contribution >= 0.6 is 0 Å². The molecule has 0 amide bonds. The minimum atomic E-state index is -3.92. The summed E-state index contributed by atoms with van der Waals surface area (Å²) in [6.07, 6.45) is 0. The Hall–Kier alpha value is -1.55. The van der Waals surface area contributed by atoms with Gasteiger partial charge >= 0.3 is 0 Å². The van der Waals surface area contributed by atoms with Crippen molar-refractivity contribution < 1.29 is 23.6 Å². The predicted molar refractivity (Wildman–Crippen MR) is 61.4 cm³/mol. The maximum Gasteiger partial charge on any atom is 0.269 e. The molecule has 8 nitrogen and oxygen atoms in total. The molecule has 1 aromatic rings. The maximum atomic E-state index is 11.7. The molecule has 0 aliphatic rings. The summed E-state index contributed by atoms with van der Waals surface area (Å²) >= 11 is 0. The molecule has 0 saturated heterocycles. The van der Waals surface area contributed by atoms with Crippen LogP contribution in [0.25, 0.3) is 0 Å². The van der Waals surface area contributed by atoms with Crippen molar-refractivity contribution >= 4 is 15.7 Å². The lowest BCUT2D eigenvalue weighted by Crippen LogP contribution is -2.39. The first-order chi connectivity index (χ1) is 8.40. The summed E-state index contributed by atoms with van der Waals surface area (Å²) in [6, 6.07) is 3.26. The molecule has 0 aromatic heterocycles. The molecule has 100 valence electrons. The summed E-state index contributed by atoms with van der Waals surface area (Å²) in [5.74, 6) is 0. The minimum absolute atomic E-state index is 0.181. The van der Waals surface area contributed by atoms with E-state index in [0.29, 0.717) is 0 Å². The van der Waals surface area contributed by atoms with Crippen molar-refractivity contribution in [3.05, 3.63) is 34.4 Å².